The van der Waals surface area contributed by atoms with Crippen LogP contribution in [0.4, 0.5) is 0 Å². The number of carbonyl (C=O) groups is 2. The minimum absolute atomic E-state index is 0.221. The van der Waals surface area contributed by atoms with Crippen molar-refractivity contribution in [1.82, 2.24) is 5.32 Å². The molecule has 0 aliphatic carbocycles. The highest BCUT2D eigenvalue weighted by molar-refractivity contribution is 5.80. The normalized spacial score (nSPS) is 13.7. The summed E-state index contributed by atoms with van der Waals surface area (Å²) in [6.07, 6.45) is -0.889. The third-order valence-electron chi connectivity index (χ3n) is 3.28. The zero-order chi connectivity index (χ0) is 16.0. The van der Waals surface area contributed by atoms with Gasteiger partial charge in [0, 0.05) is 0 Å². The third kappa shape index (κ3) is 5.53. The van der Waals surface area contributed by atoms with Gasteiger partial charge in [-0.2, -0.15) is 0 Å². The fourth-order valence-corrected chi connectivity index (χ4v) is 2.09. The average Bonchev–Trinajstić information content (AvgIpc) is 2.39. The summed E-state index contributed by atoms with van der Waals surface area (Å²) in [7, 11) is 0. The molecule has 0 bridgehead atoms. The molecule has 0 saturated carbocycles. The lowest BCUT2D eigenvalue weighted by molar-refractivity contribution is -0.145. The first kappa shape index (κ1) is 17.1. The zero-order valence-corrected chi connectivity index (χ0v) is 12.2. The summed E-state index contributed by atoms with van der Waals surface area (Å²) in [4.78, 5) is 21.5. The smallest absolute Gasteiger partial charge is 0.321 e. The minimum atomic E-state index is -1.21. The van der Waals surface area contributed by atoms with Crippen molar-refractivity contribution in [2.24, 2.45) is 0 Å². The topological polar surface area (TPSA) is 107 Å². The second-order valence-corrected chi connectivity index (χ2v) is 5.11. The molecular formula is C15H21NO5. The highest BCUT2D eigenvalue weighted by Gasteiger charge is 2.20. The molecule has 2 unspecified atom stereocenters. The van der Waals surface area contributed by atoms with Gasteiger partial charge >= 0.3 is 11.9 Å². The van der Waals surface area contributed by atoms with Gasteiger partial charge in [-0.05, 0) is 37.9 Å². The Kier molecular flexibility index (Phi) is 6.33. The summed E-state index contributed by atoms with van der Waals surface area (Å²) in [6.45, 7) is 4.05. The maximum atomic E-state index is 10.9. The molecule has 0 amide bonds. The molecule has 0 aliphatic heterocycles. The molecular weight excluding hydrogens is 274 g/mol. The molecule has 0 heterocycles. The van der Waals surface area contributed by atoms with Gasteiger partial charge in [0.25, 0.3) is 0 Å². The van der Waals surface area contributed by atoms with E-state index in [1.807, 2.05) is 32.0 Å². The van der Waals surface area contributed by atoms with E-state index in [2.05, 4.69) is 5.32 Å². The summed E-state index contributed by atoms with van der Waals surface area (Å²) in [5.41, 5.74) is 2.81. The second-order valence-electron chi connectivity index (χ2n) is 5.11. The molecule has 1 aromatic carbocycles. The summed E-state index contributed by atoms with van der Waals surface area (Å²) in [5, 5.41) is 30.3. The molecule has 6 heteroatoms. The lowest BCUT2D eigenvalue weighted by atomic mass is 9.99. The van der Waals surface area contributed by atoms with Crippen molar-refractivity contribution in [2.75, 3.05) is 6.54 Å². The van der Waals surface area contributed by atoms with E-state index in [-0.39, 0.29) is 6.54 Å². The molecule has 116 valence electrons. The Morgan fingerprint density at radius 1 is 1.24 bits per heavy atom. The quantitative estimate of drug-likeness (QED) is 0.575. The predicted molar refractivity (Wildman–Crippen MR) is 77.2 cm³/mol. The van der Waals surface area contributed by atoms with E-state index in [9.17, 15) is 14.7 Å². The molecule has 1 rings (SSSR count). The van der Waals surface area contributed by atoms with E-state index >= 15 is 0 Å². The van der Waals surface area contributed by atoms with Crippen LogP contribution in [-0.2, 0) is 9.59 Å². The van der Waals surface area contributed by atoms with Crippen LogP contribution in [0.15, 0.2) is 18.2 Å². The first-order chi connectivity index (χ1) is 9.81. The molecule has 2 atom stereocenters. The first-order valence-electron chi connectivity index (χ1n) is 6.74. The number of rotatable bonds is 8. The third-order valence-corrected chi connectivity index (χ3v) is 3.28. The highest BCUT2D eigenvalue weighted by atomic mass is 16.4. The maximum absolute atomic E-state index is 10.9. The van der Waals surface area contributed by atoms with Gasteiger partial charge in [0.2, 0.25) is 0 Å². The number of aliphatic hydroxyl groups excluding tert-OH is 1. The number of aryl methyl sites for hydroxylation is 2. The van der Waals surface area contributed by atoms with Gasteiger partial charge in [0.1, 0.15) is 6.04 Å². The van der Waals surface area contributed by atoms with Crippen LogP contribution >= 0.6 is 0 Å². The van der Waals surface area contributed by atoms with E-state index in [1.165, 1.54) is 0 Å². The molecule has 0 saturated heterocycles. The summed E-state index contributed by atoms with van der Waals surface area (Å²) >= 11 is 0. The molecule has 0 aromatic heterocycles. The van der Waals surface area contributed by atoms with Gasteiger partial charge in [-0.15, -0.1) is 0 Å². The lowest BCUT2D eigenvalue weighted by Gasteiger charge is -2.17. The summed E-state index contributed by atoms with van der Waals surface area (Å²) in [5.74, 6) is -2.39. The second kappa shape index (κ2) is 7.75. The van der Waals surface area contributed by atoms with Crippen LogP contribution in [0.5, 0.6) is 0 Å². The Morgan fingerprint density at radius 3 is 2.48 bits per heavy atom. The Labute approximate surface area is 123 Å². The Balaban J connectivity index is 2.56. The Hall–Kier alpha value is -1.92. The molecule has 0 fully saturated rings. The minimum Gasteiger partial charge on any atom is -0.481 e. The van der Waals surface area contributed by atoms with Crippen molar-refractivity contribution in [3.05, 3.63) is 34.9 Å². The highest BCUT2D eigenvalue weighted by Crippen LogP contribution is 2.21. The van der Waals surface area contributed by atoms with Crippen LogP contribution in [0.3, 0.4) is 0 Å². The predicted octanol–water partition coefficient (Wildman–Crippen LogP) is 1.24. The van der Waals surface area contributed by atoms with Crippen LogP contribution < -0.4 is 5.32 Å². The Morgan fingerprint density at radius 2 is 1.90 bits per heavy atom. The van der Waals surface area contributed by atoms with Gasteiger partial charge in [0.15, 0.2) is 0 Å². The molecule has 21 heavy (non-hydrogen) atoms. The van der Waals surface area contributed by atoms with E-state index < -0.39 is 30.5 Å². The summed E-state index contributed by atoms with van der Waals surface area (Å²) < 4.78 is 0. The number of nitrogens with one attached hydrogen (secondary N) is 1. The molecule has 0 aliphatic rings. The molecule has 0 radical (unpaired) electrons. The molecule has 6 nitrogen and oxygen atoms in total. The fourth-order valence-electron chi connectivity index (χ4n) is 2.09. The van der Waals surface area contributed by atoms with Gasteiger partial charge < -0.3 is 20.6 Å². The van der Waals surface area contributed by atoms with Gasteiger partial charge in [0.05, 0.1) is 12.5 Å². The van der Waals surface area contributed by atoms with Crippen LogP contribution in [0.2, 0.25) is 0 Å². The van der Waals surface area contributed by atoms with Crippen molar-refractivity contribution in [3.8, 4) is 0 Å². The number of hydrogen-bond acceptors (Lipinski definition) is 4. The maximum Gasteiger partial charge on any atom is 0.321 e. The standard InChI is InChI=1S/C15H21NO5/c1-9-3-4-10(2)11(7-9)13(17)5-6-16-12(15(20)21)8-14(18)19/h3-4,7,12-13,16-17H,5-6,8H2,1-2H3,(H,18,19)(H,20,21). The van der Waals surface area contributed by atoms with Gasteiger partial charge in [-0.3, -0.25) is 9.59 Å². The van der Waals surface area contributed by atoms with Crippen LogP contribution in [0, 0.1) is 13.8 Å². The van der Waals surface area contributed by atoms with Crippen LogP contribution in [0.1, 0.15) is 35.6 Å². The SMILES string of the molecule is Cc1ccc(C)c(C(O)CCNC(CC(=O)O)C(=O)O)c1. The number of aliphatic carboxylic acids is 2. The van der Waals surface area contributed by atoms with Crippen molar-refractivity contribution in [2.45, 2.75) is 38.8 Å². The lowest BCUT2D eigenvalue weighted by Crippen LogP contribution is -2.39. The zero-order valence-electron chi connectivity index (χ0n) is 12.2. The Bertz CT molecular complexity index is 515. The summed E-state index contributed by atoms with van der Waals surface area (Å²) in [6, 6.07) is 4.63. The molecule has 4 N–H and O–H groups in total. The van der Waals surface area contributed by atoms with E-state index in [4.69, 9.17) is 10.2 Å². The van der Waals surface area contributed by atoms with Crippen molar-refractivity contribution >= 4 is 11.9 Å². The van der Waals surface area contributed by atoms with Crippen molar-refractivity contribution in [1.29, 1.82) is 0 Å². The number of aliphatic hydroxyl groups is 1. The fraction of sp³-hybridized carbons (Fsp3) is 0.467. The van der Waals surface area contributed by atoms with Gasteiger partial charge in [-0.25, -0.2) is 0 Å². The van der Waals surface area contributed by atoms with Crippen molar-refractivity contribution < 1.29 is 24.9 Å². The number of hydrogen-bond donors (Lipinski definition) is 4. The van der Waals surface area contributed by atoms with Gasteiger partial charge in [-0.1, -0.05) is 23.8 Å². The van der Waals surface area contributed by atoms with E-state index in [1.54, 1.807) is 0 Å². The molecule has 0 spiro atoms. The van der Waals surface area contributed by atoms with Crippen LogP contribution in [-0.4, -0.2) is 39.8 Å². The number of benzene rings is 1. The first-order valence-corrected chi connectivity index (χ1v) is 6.74. The van der Waals surface area contributed by atoms with E-state index in [0.29, 0.717) is 6.42 Å². The average molecular weight is 295 g/mol. The molecule has 1 aromatic rings. The number of carboxylic acids is 2. The monoisotopic (exact) mass is 295 g/mol. The van der Waals surface area contributed by atoms with E-state index in [0.717, 1.165) is 16.7 Å². The largest absolute Gasteiger partial charge is 0.481 e. The van der Waals surface area contributed by atoms with Crippen molar-refractivity contribution in [3.63, 3.8) is 0 Å². The number of carboxylic acid groups (broad SMARTS) is 2. The van der Waals surface area contributed by atoms with Crippen LogP contribution in [0.25, 0.3) is 0 Å².